The molecule has 124 valence electrons. The van der Waals surface area contributed by atoms with E-state index in [2.05, 4.69) is 65.6 Å². The number of nitrogens with one attached hydrogen (secondary N) is 1. The third-order valence-electron chi connectivity index (χ3n) is 2.31. The average Bonchev–Trinajstić information content (AvgIpc) is 2.33. The SMILES string of the molecule is CC(C)C#CCO[C@@H](CCCNC(C)C)SSC(C)(C)C. The van der Waals surface area contributed by atoms with Crippen LogP contribution in [0.5, 0.6) is 0 Å². The molecule has 0 rings (SSSR count). The summed E-state index contributed by atoms with van der Waals surface area (Å²) in [7, 11) is 3.74. The standard InChI is InChI=1S/C17H33NOS2/c1-14(2)10-9-13-19-16(20-21-17(5,6)7)11-8-12-18-15(3)4/h14-16,18H,8,11-13H2,1-7H3/t16-/m1/s1. The summed E-state index contributed by atoms with van der Waals surface area (Å²) < 4.78 is 6.19. The molecular formula is C17H33NOS2. The van der Waals surface area contributed by atoms with Gasteiger partial charge < -0.3 is 10.1 Å². The molecule has 4 heteroatoms. The molecule has 0 spiro atoms. The van der Waals surface area contributed by atoms with Crippen LogP contribution in [0.2, 0.25) is 0 Å². The summed E-state index contributed by atoms with van der Waals surface area (Å²) in [6.07, 6.45) is 2.20. The van der Waals surface area contributed by atoms with E-state index >= 15 is 0 Å². The Hall–Kier alpha value is 0.180. The Morgan fingerprint density at radius 2 is 1.81 bits per heavy atom. The minimum absolute atomic E-state index is 0.227. The van der Waals surface area contributed by atoms with Crippen molar-refractivity contribution in [1.29, 1.82) is 0 Å². The molecule has 0 amide bonds. The molecular weight excluding hydrogens is 298 g/mol. The molecule has 0 saturated carbocycles. The largest absolute Gasteiger partial charge is 0.354 e. The summed E-state index contributed by atoms with van der Waals surface area (Å²) in [5.41, 5.74) is 0.227. The molecule has 0 aromatic heterocycles. The Bertz CT molecular complexity index is 313. The minimum Gasteiger partial charge on any atom is -0.354 e. The first-order chi connectivity index (χ1) is 9.70. The first-order valence-electron chi connectivity index (χ1n) is 7.88. The molecule has 0 aromatic carbocycles. The molecule has 21 heavy (non-hydrogen) atoms. The Morgan fingerprint density at radius 1 is 1.14 bits per heavy atom. The van der Waals surface area contributed by atoms with Crippen molar-refractivity contribution in [1.82, 2.24) is 5.32 Å². The molecule has 0 aliphatic heterocycles. The van der Waals surface area contributed by atoms with Crippen molar-refractivity contribution in [3.8, 4) is 11.8 Å². The quantitative estimate of drug-likeness (QED) is 0.279. The lowest BCUT2D eigenvalue weighted by molar-refractivity contribution is 0.136. The van der Waals surface area contributed by atoms with Crippen molar-refractivity contribution >= 4 is 21.6 Å². The van der Waals surface area contributed by atoms with Crippen molar-refractivity contribution < 1.29 is 4.74 Å². The Morgan fingerprint density at radius 3 is 2.33 bits per heavy atom. The fourth-order valence-electron chi connectivity index (χ4n) is 1.40. The van der Waals surface area contributed by atoms with Crippen molar-refractivity contribution in [2.75, 3.05) is 13.2 Å². The van der Waals surface area contributed by atoms with Gasteiger partial charge in [-0.25, -0.2) is 0 Å². The molecule has 0 saturated heterocycles. The van der Waals surface area contributed by atoms with Gasteiger partial charge in [0.25, 0.3) is 0 Å². The molecule has 0 aliphatic carbocycles. The molecule has 0 aromatic rings. The van der Waals surface area contributed by atoms with E-state index in [0.717, 1.165) is 19.4 Å². The van der Waals surface area contributed by atoms with E-state index in [-0.39, 0.29) is 10.2 Å². The van der Waals surface area contributed by atoms with E-state index in [1.54, 1.807) is 0 Å². The molecule has 1 atom stereocenters. The number of hydrogen-bond acceptors (Lipinski definition) is 4. The predicted octanol–water partition coefficient (Wildman–Crippen LogP) is 4.95. The summed E-state index contributed by atoms with van der Waals surface area (Å²) in [4.78, 5) is 0. The van der Waals surface area contributed by atoms with Crippen LogP contribution < -0.4 is 5.32 Å². The number of hydrogen-bond donors (Lipinski definition) is 1. The van der Waals surface area contributed by atoms with Gasteiger partial charge in [0, 0.05) is 16.7 Å². The van der Waals surface area contributed by atoms with Crippen LogP contribution in [0.1, 0.15) is 61.3 Å². The number of rotatable bonds is 9. The van der Waals surface area contributed by atoms with Crippen LogP contribution in [-0.4, -0.2) is 29.4 Å². The monoisotopic (exact) mass is 331 g/mol. The van der Waals surface area contributed by atoms with Crippen LogP contribution in [0, 0.1) is 17.8 Å². The van der Waals surface area contributed by atoms with Gasteiger partial charge in [-0.2, -0.15) is 0 Å². The predicted molar refractivity (Wildman–Crippen MR) is 99.7 cm³/mol. The molecule has 0 fully saturated rings. The van der Waals surface area contributed by atoms with Gasteiger partial charge in [-0.1, -0.05) is 81.9 Å². The van der Waals surface area contributed by atoms with Crippen LogP contribution >= 0.6 is 21.6 Å². The fraction of sp³-hybridized carbons (Fsp3) is 0.882. The average molecular weight is 332 g/mol. The van der Waals surface area contributed by atoms with Gasteiger partial charge in [0.1, 0.15) is 12.0 Å². The summed E-state index contributed by atoms with van der Waals surface area (Å²) in [5, 5.41) is 3.46. The highest BCUT2D eigenvalue weighted by molar-refractivity contribution is 8.77. The Labute approximate surface area is 140 Å². The van der Waals surface area contributed by atoms with E-state index in [4.69, 9.17) is 4.74 Å². The van der Waals surface area contributed by atoms with Crippen molar-refractivity contribution in [2.24, 2.45) is 5.92 Å². The highest BCUT2D eigenvalue weighted by Crippen LogP contribution is 2.39. The zero-order valence-corrected chi connectivity index (χ0v) is 16.4. The highest BCUT2D eigenvalue weighted by Gasteiger charge is 2.17. The lowest BCUT2D eigenvalue weighted by Gasteiger charge is -2.22. The molecule has 2 nitrogen and oxygen atoms in total. The molecule has 0 bridgehead atoms. The zero-order chi connectivity index (χ0) is 16.3. The summed E-state index contributed by atoms with van der Waals surface area (Å²) in [5.74, 6) is 6.68. The van der Waals surface area contributed by atoms with Gasteiger partial charge in [-0.3, -0.25) is 0 Å². The van der Waals surface area contributed by atoms with Gasteiger partial charge in [0.2, 0.25) is 0 Å². The van der Waals surface area contributed by atoms with Crippen LogP contribution in [0.15, 0.2) is 0 Å². The molecule has 0 unspecified atom stereocenters. The molecule has 0 aliphatic rings. The smallest absolute Gasteiger partial charge is 0.114 e. The normalized spacial score (nSPS) is 13.4. The van der Waals surface area contributed by atoms with E-state index < -0.39 is 0 Å². The topological polar surface area (TPSA) is 21.3 Å². The molecule has 1 N–H and O–H groups in total. The molecule has 0 heterocycles. The van der Waals surface area contributed by atoms with Gasteiger partial charge in [0.15, 0.2) is 0 Å². The fourth-order valence-corrected chi connectivity index (χ4v) is 3.82. The van der Waals surface area contributed by atoms with Crippen LogP contribution in [0.25, 0.3) is 0 Å². The second-order valence-corrected chi connectivity index (χ2v) is 9.95. The van der Waals surface area contributed by atoms with Crippen molar-refractivity contribution in [2.45, 2.75) is 77.5 Å². The Balaban J connectivity index is 4.12. The van der Waals surface area contributed by atoms with Crippen molar-refractivity contribution in [3.63, 3.8) is 0 Å². The number of ether oxygens (including phenoxy) is 1. The second kappa shape index (κ2) is 11.7. The van der Waals surface area contributed by atoms with Crippen LogP contribution in [0.4, 0.5) is 0 Å². The first-order valence-corrected chi connectivity index (χ1v) is 10.1. The van der Waals surface area contributed by atoms with E-state index in [0.29, 0.717) is 18.6 Å². The van der Waals surface area contributed by atoms with E-state index in [1.165, 1.54) is 0 Å². The van der Waals surface area contributed by atoms with Crippen molar-refractivity contribution in [3.05, 3.63) is 0 Å². The van der Waals surface area contributed by atoms with E-state index in [1.807, 2.05) is 21.6 Å². The maximum Gasteiger partial charge on any atom is 0.114 e. The maximum atomic E-state index is 5.94. The minimum atomic E-state index is 0.227. The molecule has 0 radical (unpaired) electrons. The van der Waals surface area contributed by atoms with E-state index in [9.17, 15) is 0 Å². The third kappa shape index (κ3) is 16.4. The van der Waals surface area contributed by atoms with Crippen LogP contribution in [-0.2, 0) is 4.74 Å². The highest BCUT2D eigenvalue weighted by atomic mass is 33.1. The third-order valence-corrected chi connectivity index (χ3v) is 5.92. The summed E-state index contributed by atoms with van der Waals surface area (Å²) in [6, 6.07) is 0.554. The van der Waals surface area contributed by atoms with Crippen LogP contribution in [0.3, 0.4) is 0 Å². The van der Waals surface area contributed by atoms with Gasteiger partial charge in [0.05, 0.1) is 0 Å². The first kappa shape index (κ1) is 21.2. The summed E-state index contributed by atoms with van der Waals surface area (Å²) in [6.45, 7) is 16.9. The van der Waals surface area contributed by atoms with Gasteiger partial charge >= 0.3 is 0 Å². The lowest BCUT2D eigenvalue weighted by Crippen LogP contribution is -2.24. The zero-order valence-electron chi connectivity index (χ0n) is 14.8. The maximum absolute atomic E-state index is 5.94. The lowest BCUT2D eigenvalue weighted by atomic mass is 10.2. The van der Waals surface area contributed by atoms with Gasteiger partial charge in [-0.15, -0.1) is 0 Å². The second-order valence-electron chi connectivity index (χ2n) is 6.76. The van der Waals surface area contributed by atoms with Gasteiger partial charge in [-0.05, 0) is 19.4 Å². The summed E-state index contributed by atoms with van der Waals surface area (Å²) >= 11 is 0. The Kier molecular flexibility index (Phi) is 11.8.